The Hall–Kier alpha value is -0.610. The van der Waals surface area contributed by atoms with Crippen molar-refractivity contribution >= 4 is 5.91 Å². The van der Waals surface area contributed by atoms with Crippen LogP contribution < -0.4 is 11.1 Å². The van der Waals surface area contributed by atoms with E-state index in [0.29, 0.717) is 37.6 Å². The number of nitrogens with one attached hydrogen (secondary N) is 1. The summed E-state index contributed by atoms with van der Waals surface area (Å²) in [6.07, 6.45) is 11.8. The first kappa shape index (κ1) is 15.8. The van der Waals surface area contributed by atoms with Gasteiger partial charge in [0.1, 0.15) is 0 Å². The lowest BCUT2D eigenvalue weighted by Crippen LogP contribution is -2.30. The number of rotatable bonds is 7. The molecule has 4 nitrogen and oxygen atoms in total. The zero-order valence-corrected chi connectivity index (χ0v) is 12.6. The van der Waals surface area contributed by atoms with Gasteiger partial charge in [-0.25, -0.2) is 0 Å². The zero-order chi connectivity index (χ0) is 14.2. The van der Waals surface area contributed by atoms with Gasteiger partial charge in [-0.1, -0.05) is 25.7 Å². The van der Waals surface area contributed by atoms with Gasteiger partial charge in [0, 0.05) is 19.0 Å². The van der Waals surface area contributed by atoms with E-state index in [1.54, 1.807) is 0 Å². The largest absolute Gasteiger partial charge is 0.376 e. The van der Waals surface area contributed by atoms with Gasteiger partial charge >= 0.3 is 0 Å². The van der Waals surface area contributed by atoms with Crippen molar-refractivity contribution in [3.05, 3.63) is 0 Å². The van der Waals surface area contributed by atoms with Gasteiger partial charge in [-0.05, 0) is 38.0 Å². The number of carbonyl (C=O) groups is 1. The highest BCUT2D eigenvalue weighted by molar-refractivity contribution is 5.75. The van der Waals surface area contributed by atoms with Gasteiger partial charge in [0.05, 0.1) is 12.7 Å². The van der Waals surface area contributed by atoms with E-state index >= 15 is 0 Å². The predicted molar refractivity (Wildman–Crippen MR) is 80.4 cm³/mol. The first-order valence-corrected chi connectivity index (χ1v) is 8.38. The fourth-order valence-corrected chi connectivity index (χ4v) is 3.49. The summed E-state index contributed by atoms with van der Waals surface area (Å²) in [4.78, 5) is 11.8. The molecule has 0 bridgehead atoms. The molecule has 2 fully saturated rings. The van der Waals surface area contributed by atoms with Crippen molar-refractivity contribution in [2.24, 2.45) is 11.7 Å². The first-order chi connectivity index (χ1) is 9.74. The predicted octanol–water partition coefficient (Wildman–Crippen LogP) is 2.36. The van der Waals surface area contributed by atoms with Gasteiger partial charge in [-0.3, -0.25) is 4.79 Å². The second-order valence-corrected chi connectivity index (χ2v) is 6.46. The Morgan fingerprint density at radius 3 is 2.70 bits per heavy atom. The maximum Gasteiger partial charge on any atom is 0.220 e. The molecular formula is C16H30N2O2. The molecule has 0 aliphatic heterocycles. The van der Waals surface area contributed by atoms with Gasteiger partial charge in [-0.15, -0.1) is 0 Å². The normalized spacial score (nSPS) is 27.6. The molecule has 0 aromatic heterocycles. The number of ether oxygens (including phenoxy) is 1. The van der Waals surface area contributed by atoms with E-state index in [1.165, 1.54) is 38.5 Å². The van der Waals surface area contributed by atoms with Crippen molar-refractivity contribution in [2.45, 2.75) is 76.4 Å². The fraction of sp³-hybridized carbons (Fsp3) is 0.938. The second kappa shape index (κ2) is 8.63. The molecule has 2 rings (SSSR count). The van der Waals surface area contributed by atoms with Crippen LogP contribution in [0, 0.1) is 5.92 Å². The number of carbonyl (C=O) groups excluding carboxylic acids is 1. The molecule has 4 heteroatoms. The molecule has 0 aromatic rings. The van der Waals surface area contributed by atoms with Gasteiger partial charge < -0.3 is 15.8 Å². The maximum absolute atomic E-state index is 11.8. The maximum atomic E-state index is 11.8. The number of hydrogen-bond acceptors (Lipinski definition) is 3. The monoisotopic (exact) mass is 282 g/mol. The Bertz CT molecular complexity index is 290. The summed E-state index contributed by atoms with van der Waals surface area (Å²) in [6, 6.07) is 0.358. The summed E-state index contributed by atoms with van der Waals surface area (Å²) in [5.41, 5.74) is 5.97. The van der Waals surface area contributed by atoms with E-state index < -0.39 is 0 Å². The quantitative estimate of drug-likeness (QED) is 0.705. The van der Waals surface area contributed by atoms with Crippen LogP contribution in [0.2, 0.25) is 0 Å². The number of hydrogen-bond donors (Lipinski definition) is 2. The summed E-state index contributed by atoms with van der Waals surface area (Å²) < 4.78 is 5.73. The molecule has 116 valence electrons. The van der Waals surface area contributed by atoms with E-state index in [0.717, 1.165) is 19.3 Å². The fourth-order valence-electron chi connectivity index (χ4n) is 3.49. The second-order valence-electron chi connectivity index (χ2n) is 6.46. The van der Waals surface area contributed by atoms with E-state index in [2.05, 4.69) is 5.32 Å². The number of amides is 1. The number of nitrogens with two attached hydrogens (primary N) is 1. The molecule has 0 heterocycles. The van der Waals surface area contributed by atoms with E-state index in [-0.39, 0.29) is 5.91 Å². The van der Waals surface area contributed by atoms with Crippen LogP contribution in [0.3, 0.4) is 0 Å². The van der Waals surface area contributed by atoms with Crippen LogP contribution in [0.25, 0.3) is 0 Å². The minimum atomic E-state index is 0.166. The topological polar surface area (TPSA) is 64.4 Å². The highest BCUT2D eigenvalue weighted by Gasteiger charge is 2.19. The van der Waals surface area contributed by atoms with E-state index in [4.69, 9.17) is 10.5 Å². The Balaban J connectivity index is 1.47. The SMILES string of the molecule is NC1CCCC(CCC(=O)NCCOC2CCCC2)C1. The van der Waals surface area contributed by atoms with Gasteiger partial charge in [-0.2, -0.15) is 0 Å². The molecule has 2 aliphatic carbocycles. The zero-order valence-electron chi connectivity index (χ0n) is 12.6. The van der Waals surface area contributed by atoms with Crippen LogP contribution in [0.15, 0.2) is 0 Å². The third-order valence-corrected chi connectivity index (χ3v) is 4.68. The Labute approximate surface area is 122 Å². The van der Waals surface area contributed by atoms with Gasteiger partial charge in [0.2, 0.25) is 5.91 Å². The lowest BCUT2D eigenvalue weighted by molar-refractivity contribution is -0.121. The lowest BCUT2D eigenvalue weighted by Gasteiger charge is -2.26. The molecule has 0 saturated heterocycles. The molecule has 0 radical (unpaired) electrons. The van der Waals surface area contributed by atoms with Crippen LogP contribution in [0.5, 0.6) is 0 Å². The third-order valence-electron chi connectivity index (χ3n) is 4.68. The van der Waals surface area contributed by atoms with Crippen LogP contribution in [0.1, 0.15) is 64.2 Å². The molecule has 2 unspecified atom stereocenters. The molecule has 2 atom stereocenters. The summed E-state index contributed by atoms with van der Waals surface area (Å²) >= 11 is 0. The molecule has 0 spiro atoms. The van der Waals surface area contributed by atoms with Crippen LogP contribution in [-0.2, 0) is 9.53 Å². The lowest BCUT2D eigenvalue weighted by atomic mass is 9.83. The smallest absolute Gasteiger partial charge is 0.220 e. The Morgan fingerprint density at radius 1 is 1.15 bits per heavy atom. The van der Waals surface area contributed by atoms with Crippen molar-refractivity contribution in [2.75, 3.05) is 13.2 Å². The molecule has 1 amide bonds. The van der Waals surface area contributed by atoms with Gasteiger partial charge in [0.25, 0.3) is 0 Å². The molecule has 0 aromatic carbocycles. The Kier molecular flexibility index (Phi) is 6.80. The standard InChI is InChI=1S/C16H30N2O2/c17-14-5-3-4-13(12-14)8-9-16(19)18-10-11-20-15-6-1-2-7-15/h13-15H,1-12,17H2,(H,18,19). The summed E-state index contributed by atoms with van der Waals surface area (Å²) in [5, 5.41) is 2.96. The molecule has 2 aliphatic rings. The van der Waals surface area contributed by atoms with E-state index in [1.807, 2.05) is 0 Å². The van der Waals surface area contributed by atoms with Crippen molar-refractivity contribution < 1.29 is 9.53 Å². The Morgan fingerprint density at radius 2 is 1.95 bits per heavy atom. The highest BCUT2D eigenvalue weighted by atomic mass is 16.5. The van der Waals surface area contributed by atoms with Crippen LogP contribution in [0.4, 0.5) is 0 Å². The average molecular weight is 282 g/mol. The first-order valence-electron chi connectivity index (χ1n) is 8.38. The van der Waals surface area contributed by atoms with Crippen molar-refractivity contribution in [3.63, 3.8) is 0 Å². The van der Waals surface area contributed by atoms with E-state index in [9.17, 15) is 4.79 Å². The van der Waals surface area contributed by atoms with Crippen molar-refractivity contribution in [3.8, 4) is 0 Å². The molecule has 20 heavy (non-hydrogen) atoms. The van der Waals surface area contributed by atoms with Crippen molar-refractivity contribution in [1.29, 1.82) is 0 Å². The minimum Gasteiger partial charge on any atom is -0.376 e. The minimum absolute atomic E-state index is 0.166. The van der Waals surface area contributed by atoms with Crippen molar-refractivity contribution in [1.82, 2.24) is 5.32 Å². The van der Waals surface area contributed by atoms with Gasteiger partial charge in [0.15, 0.2) is 0 Å². The third kappa shape index (κ3) is 5.80. The highest BCUT2D eigenvalue weighted by Crippen LogP contribution is 2.26. The summed E-state index contributed by atoms with van der Waals surface area (Å²) in [5.74, 6) is 0.818. The average Bonchev–Trinajstić information content (AvgIpc) is 2.95. The van der Waals surface area contributed by atoms with Crippen LogP contribution in [-0.4, -0.2) is 31.2 Å². The molecule has 2 saturated carbocycles. The summed E-state index contributed by atoms with van der Waals surface area (Å²) in [6.45, 7) is 1.31. The molecule has 3 N–H and O–H groups in total. The summed E-state index contributed by atoms with van der Waals surface area (Å²) in [7, 11) is 0. The van der Waals surface area contributed by atoms with Crippen LogP contribution >= 0.6 is 0 Å². The molecular weight excluding hydrogens is 252 g/mol.